The third-order valence-electron chi connectivity index (χ3n) is 3.56. The summed E-state index contributed by atoms with van der Waals surface area (Å²) in [6, 6.07) is 3.04. The number of rotatable bonds is 7. The van der Waals surface area contributed by atoms with Crippen LogP contribution in [0.15, 0.2) is 23.2 Å². The molecule has 0 aliphatic rings. The molecule has 142 valence electrons. The number of ether oxygens (including phenoxy) is 2. The number of benzene rings is 1. The summed E-state index contributed by atoms with van der Waals surface area (Å²) in [6.45, 7) is 5.83. The second kappa shape index (κ2) is 7.75. The molecule has 9 nitrogen and oxygen atoms in total. The number of sulfonamides is 1. The molecule has 2 rings (SSSR count). The molecule has 0 fully saturated rings. The molecule has 0 atom stereocenters. The Balaban J connectivity index is 2.62. The summed E-state index contributed by atoms with van der Waals surface area (Å²) in [4.78, 5) is 7.66. The van der Waals surface area contributed by atoms with Crippen LogP contribution >= 0.6 is 0 Å². The maximum atomic E-state index is 12.5. The minimum atomic E-state index is -3.76. The first-order chi connectivity index (χ1) is 12.2. The summed E-state index contributed by atoms with van der Waals surface area (Å²) in [6.07, 6.45) is 1.34. The molecule has 0 amide bonds. The lowest BCUT2D eigenvalue weighted by molar-refractivity contribution is 0.397. The van der Waals surface area contributed by atoms with Crippen LogP contribution in [0.5, 0.6) is 17.2 Å². The summed E-state index contributed by atoms with van der Waals surface area (Å²) in [5, 5.41) is 0. The maximum absolute atomic E-state index is 12.5. The lowest BCUT2D eigenvalue weighted by Crippen LogP contribution is -2.23. The second-order valence-corrected chi connectivity index (χ2v) is 7.51. The average molecular weight is 381 g/mol. The van der Waals surface area contributed by atoms with E-state index in [0.29, 0.717) is 5.75 Å². The van der Waals surface area contributed by atoms with Gasteiger partial charge in [-0.3, -0.25) is 0 Å². The van der Waals surface area contributed by atoms with Crippen LogP contribution in [0.3, 0.4) is 0 Å². The molecule has 0 radical (unpaired) electrons. The SMILES string of the molecule is CCNS(=O)(=O)c1cc(Oc2cnc(N)nc2N)c(C(C)C)cc1OC. The summed E-state index contributed by atoms with van der Waals surface area (Å²) in [5.41, 5.74) is 12.0. The highest BCUT2D eigenvalue weighted by Crippen LogP contribution is 2.38. The number of nitrogens with one attached hydrogen (secondary N) is 1. The van der Waals surface area contributed by atoms with Crippen LogP contribution in [-0.4, -0.2) is 32.0 Å². The molecule has 0 saturated heterocycles. The van der Waals surface area contributed by atoms with Gasteiger partial charge in [-0.25, -0.2) is 18.1 Å². The fraction of sp³-hybridized carbons (Fsp3) is 0.375. The molecule has 26 heavy (non-hydrogen) atoms. The fourth-order valence-corrected chi connectivity index (χ4v) is 3.53. The highest BCUT2D eigenvalue weighted by atomic mass is 32.2. The Kier molecular flexibility index (Phi) is 5.88. The van der Waals surface area contributed by atoms with Gasteiger partial charge in [-0.1, -0.05) is 20.8 Å². The number of anilines is 2. The Morgan fingerprint density at radius 2 is 1.88 bits per heavy atom. The van der Waals surface area contributed by atoms with Crippen molar-refractivity contribution >= 4 is 21.8 Å². The van der Waals surface area contributed by atoms with E-state index in [-0.39, 0.29) is 40.6 Å². The molecule has 1 heterocycles. The van der Waals surface area contributed by atoms with Crippen LogP contribution in [0, 0.1) is 0 Å². The Morgan fingerprint density at radius 3 is 2.42 bits per heavy atom. The molecule has 2 aromatic rings. The zero-order valence-corrected chi connectivity index (χ0v) is 15.9. The fourth-order valence-electron chi connectivity index (χ4n) is 2.33. The lowest BCUT2D eigenvalue weighted by atomic mass is 10.0. The standard InChI is InChI=1S/C16H23N5O4S/c1-5-20-26(22,23)14-7-11(10(9(2)3)6-12(14)24-4)25-13-8-19-16(18)21-15(13)17/h6-9,20H,5H2,1-4H3,(H4,17,18,19,21). The van der Waals surface area contributed by atoms with Gasteiger partial charge in [0.05, 0.1) is 13.3 Å². The quantitative estimate of drug-likeness (QED) is 0.659. The van der Waals surface area contributed by atoms with E-state index in [4.69, 9.17) is 20.9 Å². The highest BCUT2D eigenvalue weighted by Gasteiger charge is 2.24. The van der Waals surface area contributed by atoms with Gasteiger partial charge in [0.25, 0.3) is 0 Å². The zero-order chi connectivity index (χ0) is 19.5. The molecule has 1 aromatic carbocycles. The van der Waals surface area contributed by atoms with Gasteiger partial charge in [-0.2, -0.15) is 4.98 Å². The first-order valence-corrected chi connectivity index (χ1v) is 9.45. The van der Waals surface area contributed by atoms with E-state index in [2.05, 4.69) is 14.7 Å². The van der Waals surface area contributed by atoms with Crippen molar-refractivity contribution in [3.05, 3.63) is 23.9 Å². The van der Waals surface area contributed by atoms with Crippen LogP contribution in [0.2, 0.25) is 0 Å². The predicted molar refractivity (Wildman–Crippen MR) is 98.9 cm³/mol. The number of hydrogen-bond donors (Lipinski definition) is 3. The second-order valence-electron chi connectivity index (χ2n) is 5.78. The van der Waals surface area contributed by atoms with Crippen molar-refractivity contribution in [2.75, 3.05) is 25.1 Å². The number of hydrogen-bond acceptors (Lipinski definition) is 8. The van der Waals surface area contributed by atoms with Crippen molar-refractivity contribution in [2.45, 2.75) is 31.6 Å². The van der Waals surface area contributed by atoms with Gasteiger partial charge in [0, 0.05) is 18.2 Å². The summed E-state index contributed by atoms with van der Waals surface area (Å²) < 4.78 is 38.5. The van der Waals surface area contributed by atoms with Gasteiger partial charge >= 0.3 is 0 Å². The third-order valence-corrected chi connectivity index (χ3v) is 5.13. The van der Waals surface area contributed by atoms with Crippen LogP contribution in [-0.2, 0) is 10.0 Å². The average Bonchev–Trinajstić information content (AvgIpc) is 2.56. The van der Waals surface area contributed by atoms with E-state index in [1.165, 1.54) is 19.4 Å². The van der Waals surface area contributed by atoms with Crippen LogP contribution in [0.4, 0.5) is 11.8 Å². The number of nitrogens with zero attached hydrogens (tertiary/aromatic N) is 2. The van der Waals surface area contributed by atoms with E-state index >= 15 is 0 Å². The highest BCUT2D eigenvalue weighted by molar-refractivity contribution is 7.89. The van der Waals surface area contributed by atoms with E-state index in [0.717, 1.165) is 5.56 Å². The molecule has 5 N–H and O–H groups in total. The van der Waals surface area contributed by atoms with Gasteiger partial charge in [0.1, 0.15) is 16.4 Å². The lowest BCUT2D eigenvalue weighted by Gasteiger charge is -2.18. The molecule has 0 saturated carbocycles. The van der Waals surface area contributed by atoms with Crippen LogP contribution in [0.1, 0.15) is 32.3 Å². The third kappa shape index (κ3) is 4.14. The van der Waals surface area contributed by atoms with Gasteiger partial charge in [0.2, 0.25) is 16.0 Å². The molecule has 0 spiro atoms. The number of methoxy groups -OCH3 is 1. The predicted octanol–water partition coefficient (Wildman–Crippen LogP) is 1.86. The van der Waals surface area contributed by atoms with Gasteiger partial charge in [-0.05, 0) is 12.0 Å². The summed E-state index contributed by atoms with van der Waals surface area (Å²) in [5.74, 6) is 0.827. The molecule has 0 aliphatic heterocycles. The smallest absolute Gasteiger partial charge is 0.244 e. The van der Waals surface area contributed by atoms with Gasteiger partial charge in [-0.15, -0.1) is 0 Å². The molecule has 0 bridgehead atoms. The summed E-state index contributed by atoms with van der Waals surface area (Å²) in [7, 11) is -2.35. The minimum Gasteiger partial charge on any atom is -0.495 e. The Bertz CT molecular complexity index is 900. The molecule has 10 heteroatoms. The molecular weight excluding hydrogens is 358 g/mol. The maximum Gasteiger partial charge on any atom is 0.244 e. The number of nitrogens with two attached hydrogens (primary N) is 2. The minimum absolute atomic E-state index is 0.0177. The van der Waals surface area contributed by atoms with Gasteiger partial charge < -0.3 is 20.9 Å². The van der Waals surface area contributed by atoms with E-state index < -0.39 is 10.0 Å². The topological polar surface area (TPSA) is 142 Å². The Labute approximate surface area is 152 Å². The normalized spacial score (nSPS) is 11.6. The molecule has 0 unspecified atom stereocenters. The van der Waals surface area contributed by atoms with Crippen molar-refractivity contribution < 1.29 is 17.9 Å². The largest absolute Gasteiger partial charge is 0.495 e. The first-order valence-electron chi connectivity index (χ1n) is 7.97. The van der Waals surface area contributed by atoms with Crippen LogP contribution in [0.25, 0.3) is 0 Å². The Hall–Kier alpha value is -2.59. The monoisotopic (exact) mass is 381 g/mol. The van der Waals surface area contributed by atoms with Crippen molar-refractivity contribution in [3.63, 3.8) is 0 Å². The number of nitrogen functional groups attached to an aromatic ring is 2. The summed E-state index contributed by atoms with van der Waals surface area (Å²) >= 11 is 0. The molecule has 1 aromatic heterocycles. The van der Waals surface area contributed by atoms with Gasteiger partial charge in [0.15, 0.2) is 11.6 Å². The van der Waals surface area contributed by atoms with Crippen molar-refractivity contribution in [2.24, 2.45) is 0 Å². The van der Waals surface area contributed by atoms with Crippen LogP contribution < -0.4 is 25.7 Å². The van der Waals surface area contributed by atoms with Crippen molar-refractivity contribution in [3.8, 4) is 17.2 Å². The number of aromatic nitrogens is 2. The van der Waals surface area contributed by atoms with Crippen molar-refractivity contribution in [1.82, 2.24) is 14.7 Å². The zero-order valence-electron chi connectivity index (χ0n) is 15.1. The van der Waals surface area contributed by atoms with Crippen molar-refractivity contribution in [1.29, 1.82) is 0 Å². The Morgan fingerprint density at radius 1 is 1.19 bits per heavy atom. The van der Waals surface area contributed by atoms with E-state index in [1.54, 1.807) is 13.0 Å². The molecular formula is C16H23N5O4S. The van der Waals surface area contributed by atoms with E-state index in [9.17, 15) is 8.42 Å². The first kappa shape index (κ1) is 19.7. The van der Waals surface area contributed by atoms with E-state index in [1.807, 2.05) is 13.8 Å². The molecule has 0 aliphatic carbocycles.